The zero-order chi connectivity index (χ0) is 20.5. The van der Waals surface area contributed by atoms with Crippen molar-refractivity contribution in [3.63, 3.8) is 0 Å². The quantitative estimate of drug-likeness (QED) is 0.836. The number of amides is 1. The predicted molar refractivity (Wildman–Crippen MR) is 107 cm³/mol. The zero-order valence-electron chi connectivity index (χ0n) is 16.3. The Bertz CT molecular complexity index is 981. The van der Waals surface area contributed by atoms with Gasteiger partial charge in [0.25, 0.3) is 5.91 Å². The Morgan fingerprint density at radius 3 is 2.43 bits per heavy atom. The molecule has 0 aromatic heterocycles. The van der Waals surface area contributed by atoms with Crippen LogP contribution >= 0.6 is 0 Å². The molecule has 150 valence electrons. The summed E-state index contributed by atoms with van der Waals surface area (Å²) in [5, 5.41) is 2.50. The van der Waals surface area contributed by atoms with Crippen molar-refractivity contribution in [3.8, 4) is 0 Å². The number of sulfonamides is 1. The Morgan fingerprint density at radius 1 is 1.11 bits per heavy atom. The van der Waals surface area contributed by atoms with Gasteiger partial charge in [-0.15, -0.1) is 0 Å². The summed E-state index contributed by atoms with van der Waals surface area (Å²) < 4.78 is 41.6. The molecule has 1 aliphatic heterocycles. The van der Waals surface area contributed by atoms with Crippen LogP contribution in [-0.2, 0) is 10.0 Å². The molecular formula is C21H25FN2O3S. The molecule has 0 radical (unpaired) electrons. The molecule has 1 amide bonds. The van der Waals surface area contributed by atoms with Gasteiger partial charge in [0.15, 0.2) is 0 Å². The van der Waals surface area contributed by atoms with Crippen molar-refractivity contribution >= 4 is 21.6 Å². The maximum atomic E-state index is 14.0. The van der Waals surface area contributed by atoms with Crippen molar-refractivity contribution in [2.45, 2.75) is 32.1 Å². The van der Waals surface area contributed by atoms with Gasteiger partial charge in [-0.3, -0.25) is 4.79 Å². The Kier molecular flexibility index (Phi) is 5.86. The molecular weight excluding hydrogens is 379 g/mol. The highest BCUT2D eigenvalue weighted by Crippen LogP contribution is 2.27. The normalized spacial score (nSPS) is 20.7. The second kappa shape index (κ2) is 8.01. The smallest absolute Gasteiger partial charge is 0.255 e. The number of aryl methyl sites for hydroxylation is 1. The molecule has 0 spiro atoms. The second-order valence-electron chi connectivity index (χ2n) is 7.73. The van der Waals surface area contributed by atoms with Crippen molar-refractivity contribution in [1.82, 2.24) is 4.31 Å². The van der Waals surface area contributed by atoms with Crippen molar-refractivity contribution in [1.29, 1.82) is 0 Å². The van der Waals surface area contributed by atoms with Crippen LogP contribution in [-0.4, -0.2) is 31.7 Å². The molecule has 2 aromatic carbocycles. The minimum Gasteiger partial charge on any atom is -0.319 e. The van der Waals surface area contributed by atoms with E-state index in [0.717, 1.165) is 12.0 Å². The fraction of sp³-hybridized carbons (Fsp3) is 0.381. The van der Waals surface area contributed by atoms with Crippen molar-refractivity contribution in [3.05, 3.63) is 59.4 Å². The predicted octanol–water partition coefficient (Wildman–Crippen LogP) is 4.05. The molecule has 2 atom stereocenters. The third-order valence-electron chi connectivity index (χ3n) is 4.94. The van der Waals surface area contributed by atoms with Gasteiger partial charge >= 0.3 is 0 Å². The lowest BCUT2D eigenvalue weighted by Crippen LogP contribution is -2.42. The first-order chi connectivity index (χ1) is 13.2. The Labute approximate surface area is 165 Å². The van der Waals surface area contributed by atoms with Crippen LogP contribution in [0.15, 0.2) is 47.4 Å². The highest BCUT2D eigenvalue weighted by molar-refractivity contribution is 7.89. The highest BCUT2D eigenvalue weighted by atomic mass is 32.2. The van der Waals surface area contributed by atoms with Crippen LogP contribution in [0.2, 0.25) is 0 Å². The first-order valence-electron chi connectivity index (χ1n) is 9.34. The molecule has 0 saturated carbocycles. The molecule has 2 aromatic rings. The fourth-order valence-corrected chi connectivity index (χ4v) is 5.39. The summed E-state index contributed by atoms with van der Waals surface area (Å²) in [4.78, 5) is 12.6. The number of carbonyl (C=O) groups is 1. The molecule has 1 heterocycles. The largest absolute Gasteiger partial charge is 0.319 e. The van der Waals surface area contributed by atoms with E-state index in [4.69, 9.17) is 0 Å². The van der Waals surface area contributed by atoms with Crippen molar-refractivity contribution in [2.75, 3.05) is 18.4 Å². The molecule has 1 saturated heterocycles. The van der Waals surface area contributed by atoms with E-state index >= 15 is 0 Å². The second-order valence-corrected chi connectivity index (χ2v) is 9.67. The van der Waals surface area contributed by atoms with E-state index in [1.165, 1.54) is 40.7 Å². The monoisotopic (exact) mass is 404 g/mol. The van der Waals surface area contributed by atoms with E-state index in [-0.39, 0.29) is 28.0 Å². The van der Waals surface area contributed by atoms with Gasteiger partial charge in [-0.25, -0.2) is 12.8 Å². The number of piperidine rings is 1. The number of nitrogens with zero attached hydrogens (tertiary/aromatic N) is 1. The summed E-state index contributed by atoms with van der Waals surface area (Å²) in [6, 6.07) is 10.4. The molecule has 0 aliphatic carbocycles. The first-order valence-corrected chi connectivity index (χ1v) is 10.8. The molecule has 3 rings (SSSR count). The molecule has 1 fully saturated rings. The molecule has 1 N–H and O–H groups in total. The summed E-state index contributed by atoms with van der Waals surface area (Å²) in [5.74, 6) is -0.516. The van der Waals surface area contributed by atoms with E-state index < -0.39 is 21.7 Å². The molecule has 2 unspecified atom stereocenters. The molecule has 0 bridgehead atoms. The van der Waals surface area contributed by atoms with Gasteiger partial charge in [0.05, 0.1) is 10.6 Å². The lowest BCUT2D eigenvalue weighted by Gasteiger charge is -2.34. The summed E-state index contributed by atoms with van der Waals surface area (Å²) in [6.45, 7) is 6.77. The number of nitrogens with one attached hydrogen (secondary N) is 1. The summed E-state index contributed by atoms with van der Waals surface area (Å²) in [6.07, 6.45) is 0.997. The first kappa shape index (κ1) is 20.5. The maximum absolute atomic E-state index is 14.0. The standard InChI is InChI=1S/C21H25FN2O3S/c1-14-7-8-20(19(22)10-14)23-21(25)17-5-4-6-18(11-17)28(26,27)24-12-15(2)9-16(3)13-24/h4-8,10-11,15-16H,9,12-13H2,1-3H3,(H,23,25). The van der Waals surface area contributed by atoms with Gasteiger partial charge in [-0.05, 0) is 61.1 Å². The van der Waals surface area contributed by atoms with Gasteiger partial charge in [0.1, 0.15) is 5.82 Å². The van der Waals surface area contributed by atoms with E-state index in [0.29, 0.717) is 13.1 Å². The number of benzene rings is 2. The van der Waals surface area contributed by atoms with Crippen LogP contribution in [0.1, 0.15) is 36.2 Å². The maximum Gasteiger partial charge on any atom is 0.255 e. The zero-order valence-corrected chi connectivity index (χ0v) is 17.1. The average molecular weight is 405 g/mol. The van der Waals surface area contributed by atoms with Crippen LogP contribution < -0.4 is 5.32 Å². The Hall–Kier alpha value is -2.25. The number of hydrogen-bond acceptors (Lipinski definition) is 3. The lowest BCUT2D eigenvalue weighted by molar-refractivity contribution is 0.102. The van der Waals surface area contributed by atoms with Gasteiger partial charge in [0.2, 0.25) is 10.0 Å². The number of halogens is 1. The number of hydrogen-bond donors (Lipinski definition) is 1. The van der Waals surface area contributed by atoms with Crippen LogP contribution in [0.5, 0.6) is 0 Å². The third kappa shape index (κ3) is 4.42. The van der Waals surface area contributed by atoms with Gasteiger partial charge in [-0.2, -0.15) is 4.31 Å². The fourth-order valence-electron chi connectivity index (χ4n) is 3.66. The number of anilines is 1. The summed E-state index contributed by atoms with van der Waals surface area (Å²) in [5.41, 5.74) is 0.968. The van der Waals surface area contributed by atoms with Gasteiger partial charge in [0, 0.05) is 18.7 Å². The molecule has 5 nitrogen and oxygen atoms in total. The average Bonchev–Trinajstić information content (AvgIpc) is 2.63. The summed E-state index contributed by atoms with van der Waals surface area (Å²) in [7, 11) is -3.69. The van der Waals surface area contributed by atoms with Gasteiger partial charge in [-0.1, -0.05) is 26.0 Å². The van der Waals surface area contributed by atoms with E-state index in [9.17, 15) is 17.6 Å². The molecule has 1 aliphatic rings. The summed E-state index contributed by atoms with van der Waals surface area (Å²) >= 11 is 0. The minimum atomic E-state index is -3.69. The number of rotatable bonds is 4. The van der Waals surface area contributed by atoms with Crippen molar-refractivity contribution in [2.24, 2.45) is 11.8 Å². The van der Waals surface area contributed by atoms with Crippen LogP contribution in [0.3, 0.4) is 0 Å². The molecule has 7 heteroatoms. The van der Waals surface area contributed by atoms with E-state index in [2.05, 4.69) is 5.32 Å². The molecule has 28 heavy (non-hydrogen) atoms. The van der Waals surface area contributed by atoms with Crippen LogP contribution in [0, 0.1) is 24.6 Å². The number of carbonyl (C=O) groups excluding carboxylic acids is 1. The van der Waals surface area contributed by atoms with Gasteiger partial charge < -0.3 is 5.32 Å². The highest BCUT2D eigenvalue weighted by Gasteiger charge is 2.32. The van der Waals surface area contributed by atoms with Crippen LogP contribution in [0.4, 0.5) is 10.1 Å². The van der Waals surface area contributed by atoms with Crippen LogP contribution in [0.25, 0.3) is 0 Å². The lowest BCUT2D eigenvalue weighted by atomic mass is 9.94. The third-order valence-corrected chi connectivity index (χ3v) is 6.77. The Morgan fingerprint density at radius 2 is 1.79 bits per heavy atom. The topological polar surface area (TPSA) is 66.5 Å². The SMILES string of the molecule is Cc1ccc(NC(=O)c2cccc(S(=O)(=O)N3CC(C)CC(C)C3)c2)c(F)c1. The van der Waals surface area contributed by atoms with Crippen molar-refractivity contribution < 1.29 is 17.6 Å². The van der Waals surface area contributed by atoms with E-state index in [1.54, 1.807) is 13.0 Å². The minimum absolute atomic E-state index is 0.0579. The Balaban J connectivity index is 1.84. The van der Waals surface area contributed by atoms with E-state index in [1.807, 2.05) is 13.8 Å².